The second-order valence-corrected chi connectivity index (χ2v) is 11.1. The molecule has 3 rings (SSSR count). The highest BCUT2D eigenvalue weighted by molar-refractivity contribution is 7.92. The molecule has 2 aromatic carbocycles. The molecule has 0 aliphatic carbocycles. The van der Waals surface area contributed by atoms with Crippen molar-refractivity contribution in [2.24, 2.45) is 0 Å². The Morgan fingerprint density at radius 2 is 1.81 bits per heavy atom. The van der Waals surface area contributed by atoms with E-state index < -0.39 is 21.7 Å². The highest BCUT2D eigenvalue weighted by Gasteiger charge is 2.40. The molecule has 2 atom stereocenters. The summed E-state index contributed by atoms with van der Waals surface area (Å²) < 4.78 is 32.2. The van der Waals surface area contributed by atoms with Gasteiger partial charge in [0.05, 0.1) is 37.2 Å². The molecule has 0 spiro atoms. The van der Waals surface area contributed by atoms with Crippen LogP contribution in [-0.4, -0.2) is 49.0 Å². The summed E-state index contributed by atoms with van der Waals surface area (Å²) in [5.74, 6) is 0. The summed E-state index contributed by atoms with van der Waals surface area (Å²) in [6, 6.07) is 16.0. The van der Waals surface area contributed by atoms with Gasteiger partial charge in [-0.25, -0.2) is 13.2 Å². The summed E-state index contributed by atoms with van der Waals surface area (Å²) in [6.07, 6.45) is 2.01. The van der Waals surface area contributed by atoms with E-state index in [1.807, 2.05) is 42.5 Å². The van der Waals surface area contributed by atoms with Crippen LogP contribution in [0.4, 0.5) is 10.5 Å². The van der Waals surface area contributed by atoms with Crippen LogP contribution in [0.15, 0.2) is 54.6 Å². The quantitative estimate of drug-likeness (QED) is 0.702. The Morgan fingerprint density at radius 3 is 2.41 bits per heavy atom. The highest BCUT2D eigenvalue weighted by Crippen LogP contribution is 2.38. The SMILES string of the molecule is CC(C)(C)OC(=O)N1[C@@H](CO)CC[C@@H]1c1cccc(N(Cc2ccccc2)S(C)(=O)=O)c1. The van der Waals surface area contributed by atoms with Gasteiger partial charge in [-0.05, 0) is 56.9 Å². The van der Waals surface area contributed by atoms with Crippen LogP contribution in [0.5, 0.6) is 0 Å². The number of aliphatic hydroxyl groups excluding tert-OH is 1. The Kier molecular flexibility index (Phi) is 7.15. The van der Waals surface area contributed by atoms with Crippen molar-refractivity contribution in [2.45, 2.75) is 57.8 Å². The molecule has 1 aliphatic heterocycles. The summed E-state index contributed by atoms with van der Waals surface area (Å²) >= 11 is 0. The van der Waals surface area contributed by atoms with Crippen LogP contribution in [0.25, 0.3) is 0 Å². The van der Waals surface area contributed by atoms with Gasteiger partial charge in [-0.3, -0.25) is 9.21 Å². The molecule has 0 radical (unpaired) electrons. The number of likely N-dealkylation sites (tertiary alicyclic amines) is 1. The van der Waals surface area contributed by atoms with Crippen molar-refractivity contribution in [1.29, 1.82) is 0 Å². The molecule has 1 heterocycles. The third-order valence-electron chi connectivity index (χ3n) is 5.43. The van der Waals surface area contributed by atoms with Crippen LogP contribution >= 0.6 is 0 Å². The topological polar surface area (TPSA) is 87.2 Å². The molecule has 0 bridgehead atoms. The highest BCUT2D eigenvalue weighted by atomic mass is 32.2. The Bertz CT molecular complexity index is 1030. The molecule has 0 saturated carbocycles. The van der Waals surface area contributed by atoms with Crippen molar-refractivity contribution in [1.82, 2.24) is 4.90 Å². The smallest absolute Gasteiger partial charge is 0.411 e. The monoisotopic (exact) mass is 460 g/mol. The van der Waals surface area contributed by atoms with E-state index >= 15 is 0 Å². The summed E-state index contributed by atoms with van der Waals surface area (Å²) in [5, 5.41) is 9.82. The maximum Gasteiger partial charge on any atom is 0.411 e. The average Bonchev–Trinajstić information content (AvgIpc) is 3.15. The molecule has 32 heavy (non-hydrogen) atoms. The van der Waals surface area contributed by atoms with E-state index in [1.54, 1.807) is 37.8 Å². The van der Waals surface area contributed by atoms with E-state index in [9.17, 15) is 18.3 Å². The summed E-state index contributed by atoms with van der Waals surface area (Å²) in [7, 11) is -3.54. The molecule has 7 nitrogen and oxygen atoms in total. The first-order valence-corrected chi connectivity index (χ1v) is 12.6. The van der Waals surface area contributed by atoms with Crippen molar-refractivity contribution in [3.63, 3.8) is 0 Å². The number of nitrogens with zero attached hydrogens (tertiary/aromatic N) is 2. The molecule has 1 N–H and O–H groups in total. The summed E-state index contributed by atoms with van der Waals surface area (Å²) in [4.78, 5) is 14.5. The maximum absolute atomic E-state index is 12.9. The molecule has 1 aliphatic rings. The zero-order valence-corrected chi connectivity index (χ0v) is 19.9. The second kappa shape index (κ2) is 9.50. The Labute approximate surface area is 190 Å². The first-order valence-electron chi connectivity index (χ1n) is 10.7. The summed E-state index contributed by atoms with van der Waals surface area (Å²) in [5.41, 5.74) is 1.56. The van der Waals surface area contributed by atoms with Crippen molar-refractivity contribution in [3.05, 3.63) is 65.7 Å². The van der Waals surface area contributed by atoms with E-state index in [-0.39, 0.29) is 25.2 Å². The number of aliphatic hydroxyl groups is 1. The first kappa shape index (κ1) is 24.1. The van der Waals surface area contributed by atoms with Crippen LogP contribution in [0.1, 0.15) is 50.8 Å². The van der Waals surface area contributed by atoms with Gasteiger partial charge in [0.15, 0.2) is 0 Å². The fourth-order valence-electron chi connectivity index (χ4n) is 4.02. The van der Waals surface area contributed by atoms with E-state index in [4.69, 9.17) is 4.74 Å². The number of amides is 1. The van der Waals surface area contributed by atoms with E-state index in [0.717, 1.165) is 11.1 Å². The third kappa shape index (κ3) is 5.81. The fourth-order valence-corrected chi connectivity index (χ4v) is 4.90. The van der Waals surface area contributed by atoms with Gasteiger partial charge in [-0.2, -0.15) is 0 Å². The number of ether oxygens (including phenoxy) is 1. The van der Waals surface area contributed by atoms with Crippen molar-refractivity contribution in [2.75, 3.05) is 17.2 Å². The Balaban J connectivity index is 1.94. The zero-order valence-electron chi connectivity index (χ0n) is 19.1. The average molecular weight is 461 g/mol. The third-order valence-corrected chi connectivity index (χ3v) is 6.57. The molecule has 0 unspecified atom stereocenters. The lowest BCUT2D eigenvalue weighted by Crippen LogP contribution is -2.42. The molecule has 8 heteroatoms. The van der Waals surface area contributed by atoms with Crippen LogP contribution in [-0.2, 0) is 21.3 Å². The standard InChI is InChI=1S/C24H32N2O5S/c1-24(2,3)31-23(28)26-21(17-27)13-14-22(26)19-11-8-12-20(15-19)25(32(4,29)30)16-18-9-6-5-7-10-18/h5-12,15,21-22,27H,13-14,16-17H2,1-4H3/t21-,22-/m1/s1. The number of carbonyl (C=O) groups excluding carboxylic acids is 1. The predicted molar refractivity (Wildman–Crippen MR) is 125 cm³/mol. The Morgan fingerprint density at radius 1 is 1.12 bits per heavy atom. The molecule has 1 amide bonds. The van der Waals surface area contributed by atoms with Gasteiger partial charge in [0.25, 0.3) is 0 Å². The lowest BCUT2D eigenvalue weighted by atomic mass is 10.0. The summed E-state index contributed by atoms with van der Waals surface area (Å²) in [6.45, 7) is 5.47. The fraction of sp³-hybridized carbons (Fsp3) is 0.458. The van der Waals surface area contributed by atoms with Gasteiger partial charge in [0.2, 0.25) is 10.0 Å². The second-order valence-electron chi connectivity index (χ2n) is 9.17. The van der Waals surface area contributed by atoms with Crippen LogP contribution in [0.2, 0.25) is 0 Å². The minimum Gasteiger partial charge on any atom is -0.444 e. The van der Waals surface area contributed by atoms with Gasteiger partial charge in [-0.15, -0.1) is 0 Å². The van der Waals surface area contributed by atoms with Gasteiger partial charge in [0, 0.05) is 0 Å². The van der Waals surface area contributed by atoms with Gasteiger partial charge >= 0.3 is 6.09 Å². The van der Waals surface area contributed by atoms with Crippen LogP contribution in [0, 0.1) is 0 Å². The largest absolute Gasteiger partial charge is 0.444 e. The normalized spacial score (nSPS) is 19.1. The van der Waals surface area contributed by atoms with Gasteiger partial charge in [0.1, 0.15) is 5.60 Å². The number of hydrogen-bond acceptors (Lipinski definition) is 5. The molecule has 2 aromatic rings. The first-order chi connectivity index (χ1) is 15.0. The maximum atomic E-state index is 12.9. The number of anilines is 1. The number of sulfonamides is 1. The van der Waals surface area contributed by atoms with Gasteiger partial charge < -0.3 is 9.84 Å². The molecular weight excluding hydrogens is 428 g/mol. The number of carbonyl (C=O) groups is 1. The van der Waals surface area contributed by atoms with E-state index in [2.05, 4.69) is 0 Å². The van der Waals surface area contributed by atoms with E-state index in [0.29, 0.717) is 18.5 Å². The molecule has 0 aromatic heterocycles. The number of benzene rings is 2. The molecular formula is C24H32N2O5S. The lowest BCUT2D eigenvalue weighted by molar-refractivity contribution is 0.00868. The molecule has 174 valence electrons. The van der Waals surface area contributed by atoms with Crippen LogP contribution < -0.4 is 4.31 Å². The van der Waals surface area contributed by atoms with Crippen LogP contribution in [0.3, 0.4) is 0 Å². The number of rotatable bonds is 6. The molecule has 1 fully saturated rings. The van der Waals surface area contributed by atoms with E-state index in [1.165, 1.54) is 10.6 Å². The minimum absolute atomic E-state index is 0.154. The van der Waals surface area contributed by atoms with Crippen molar-refractivity contribution < 1.29 is 23.1 Å². The van der Waals surface area contributed by atoms with Crippen molar-refractivity contribution >= 4 is 21.8 Å². The van der Waals surface area contributed by atoms with Crippen molar-refractivity contribution in [3.8, 4) is 0 Å². The minimum atomic E-state index is -3.54. The molecule has 1 saturated heterocycles. The zero-order chi connectivity index (χ0) is 23.5. The number of hydrogen-bond donors (Lipinski definition) is 1. The van der Waals surface area contributed by atoms with Gasteiger partial charge in [-0.1, -0.05) is 42.5 Å². The lowest BCUT2D eigenvalue weighted by Gasteiger charge is -2.32. The predicted octanol–water partition coefficient (Wildman–Crippen LogP) is 4.09. The Hall–Kier alpha value is -2.58.